The van der Waals surface area contributed by atoms with Gasteiger partial charge in [-0.2, -0.15) is 0 Å². The van der Waals surface area contributed by atoms with Crippen LogP contribution in [0.1, 0.15) is 32.1 Å². The van der Waals surface area contributed by atoms with Crippen molar-refractivity contribution in [1.82, 2.24) is 10.2 Å². The van der Waals surface area contributed by atoms with E-state index in [1.165, 1.54) is 31.4 Å². The average Bonchev–Trinajstić information content (AvgIpc) is 3.32. The third-order valence-electron chi connectivity index (χ3n) is 6.95. The number of hydrogen-bond donors (Lipinski definition) is 1. The molecule has 3 fully saturated rings. The van der Waals surface area contributed by atoms with Crippen LogP contribution in [0.2, 0.25) is 0 Å². The summed E-state index contributed by atoms with van der Waals surface area (Å²) in [4.78, 5) is 17.4. The summed E-state index contributed by atoms with van der Waals surface area (Å²) in [5.41, 5.74) is 1.18. The number of nitrogens with zero attached hydrogens (tertiary/aromatic N) is 2. The summed E-state index contributed by atoms with van der Waals surface area (Å²) in [6.07, 6.45) is 6.33. The molecule has 1 N–H and O–H groups in total. The predicted molar refractivity (Wildman–Crippen MR) is 108 cm³/mol. The highest BCUT2D eigenvalue weighted by atomic mass is 16.5. The van der Waals surface area contributed by atoms with Crippen LogP contribution in [0.4, 0.5) is 5.69 Å². The van der Waals surface area contributed by atoms with Crippen LogP contribution in [0.15, 0.2) is 24.3 Å². The van der Waals surface area contributed by atoms with Crippen molar-refractivity contribution in [3.8, 4) is 5.75 Å². The molecule has 4 rings (SSSR count). The first-order valence-electron chi connectivity index (χ1n) is 10.6. The van der Waals surface area contributed by atoms with Crippen molar-refractivity contribution in [2.24, 2.45) is 17.8 Å². The van der Waals surface area contributed by atoms with Crippen LogP contribution in [0.25, 0.3) is 0 Å². The maximum atomic E-state index is 12.6. The maximum Gasteiger partial charge on any atom is 0.223 e. The van der Waals surface area contributed by atoms with Crippen LogP contribution in [-0.2, 0) is 4.79 Å². The fourth-order valence-corrected chi connectivity index (χ4v) is 5.46. The van der Waals surface area contributed by atoms with E-state index >= 15 is 0 Å². The van der Waals surface area contributed by atoms with E-state index in [-0.39, 0.29) is 0 Å². The Morgan fingerprint density at radius 3 is 2.74 bits per heavy atom. The molecule has 1 unspecified atom stereocenters. The first-order chi connectivity index (χ1) is 13.3. The van der Waals surface area contributed by atoms with Gasteiger partial charge in [-0.3, -0.25) is 9.69 Å². The van der Waals surface area contributed by atoms with Crippen molar-refractivity contribution >= 4 is 11.6 Å². The summed E-state index contributed by atoms with van der Waals surface area (Å²) in [6.45, 7) is 5.79. The Hall–Kier alpha value is -1.75. The minimum atomic E-state index is 0.292. The zero-order chi connectivity index (χ0) is 18.6. The number of anilines is 1. The molecule has 0 aromatic heterocycles. The number of benzene rings is 1. The van der Waals surface area contributed by atoms with Gasteiger partial charge in [0.15, 0.2) is 0 Å². The lowest BCUT2D eigenvalue weighted by Gasteiger charge is -2.36. The summed E-state index contributed by atoms with van der Waals surface area (Å²) in [6, 6.07) is 8.23. The van der Waals surface area contributed by atoms with Gasteiger partial charge in [0, 0.05) is 45.2 Å². The largest absolute Gasteiger partial charge is 0.495 e. The van der Waals surface area contributed by atoms with E-state index < -0.39 is 0 Å². The molecule has 27 heavy (non-hydrogen) atoms. The van der Waals surface area contributed by atoms with Crippen molar-refractivity contribution in [1.29, 1.82) is 0 Å². The fraction of sp³-hybridized carbons (Fsp3) is 0.682. The van der Waals surface area contributed by atoms with Gasteiger partial charge in [-0.15, -0.1) is 0 Å². The minimum Gasteiger partial charge on any atom is -0.495 e. The Balaban J connectivity index is 1.19. The molecule has 2 aliphatic carbocycles. The molecular formula is C22H33N3O2. The van der Waals surface area contributed by atoms with Crippen molar-refractivity contribution < 1.29 is 9.53 Å². The number of fused-ring (bicyclic) bond motifs is 1. The van der Waals surface area contributed by atoms with Crippen molar-refractivity contribution in [2.75, 3.05) is 51.3 Å². The SMILES string of the molecule is COc1ccccc1N1CCN(CCNC(=O)C2CC[C@H]3CCC[C@@H]23)CC1. The first-order valence-corrected chi connectivity index (χ1v) is 10.6. The van der Waals surface area contributed by atoms with Crippen molar-refractivity contribution in [3.05, 3.63) is 24.3 Å². The molecule has 148 valence electrons. The molecule has 3 atom stereocenters. The summed E-state index contributed by atoms with van der Waals surface area (Å²) in [5.74, 6) is 3.06. The third kappa shape index (κ3) is 4.08. The second kappa shape index (κ2) is 8.51. The molecular weight excluding hydrogens is 338 g/mol. The van der Waals surface area contributed by atoms with Crippen molar-refractivity contribution in [2.45, 2.75) is 32.1 Å². The molecule has 3 aliphatic rings. The average molecular weight is 372 g/mol. The minimum absolute atomic E-state index is 0.292. The monoisotopic (exact) mass is 371 g/mol. The Morgan fingerprint density at radius 2 is 1.93 bits per heavy atom. The zero-order valence-corrected chi connectivity index (χ0v) is 16.5. The van der Waals surface area contributed by atoms with Crippen LogP contribution in [0, 0.1) is 17.8 Å². The summed E-state index contributed by atoms with van der Waals surface area (Å²) in [7, 11) is 1.73. The smallest absolute Gasteiger partial charge is 0.223 e. The molecule has 1 aliphatic heterocycles. The van der Waals surface area contributed by atoms with E-state index in [2.05, 4.69) is 27.2 Å². The van der Waals surface area contributed by atoms with Gasteiger partial charge in [-0.1, -0.05) is 25.0 Å². The second-order valence-corrected chi connectivity index (χ2v) is 8.33. The van der Waals surface area contributed by atoms with E-state index in [0.717, 1.165) is 57.4 Å². The van der Waals surface area contributed by atoms with Crippen LogP contribution < -0.4 is 15.0 Å². The van der Waals surface area contributed by atoms with Gasteiger partial charge in [0.25, 0.3) is 0 Å². The summed E-state index contributed by atoms with van der Waals surface area (Å²) in [5, 5.41) is 3.23. The van der Waals surface area contributed by atoms with Gasteiger partial charge < -0.3 is 15.0 Å². The normalized spacial score (nSPS) is 28.2. The first kappa shape index (κ1) is 18.6. The number of rotatable bonds is 6. The summed E-state index contributed by atoms with van der Waals surface area (Å²) < 4.78 is 5.49. The Morgan fingerprint density at radius 1 is 1.11 bits per heavy atom. The lowest BCUT2D eigenvalue weighted by Crippen LogP contribution is -2.49. The highest BCUT2D eigenvalue weighted by molar-refractivity contribution is 5.79. The topological polar surface area (TPSA) is 44.8 Å². The maximum absolute atomic E-state index is 12.6. The van der Waals surface area contributed by atoms with E-state index in [9.17, 15) is 4.79 Å². The number of piperazine rings is 1. The molecule has 1 amide bonds. The number of nitrogens with one attached hydrogen (secondary N) is 1. The van der Waals surface area contributed by atoms with Crippen molar-refractivity contribution in [3.63, 3.8) is 0 Å². The molecule has 1 saturated heterocycles. The molecule has 1 aromatic rings. The lowest BCUT2D eigenvalue weighted by atomic mass is 9.91. The van der Waals surface area contributed by atoms with E-state index in [1.807, 2.05) is 12.1 Å². The fourth-order valence-electron chi connectivity index (χ4n) is 5.46. The standard InChI is InChI=1S/C22H33N3O2/c1-27-21-8-3-2-7-20(21)25-15-13-24(14-16-25)12-11-23-22(26)19-10-9-17-5-4-6-18(17)19/h2-3,7-8,17-19H,4-6,9-16H2,1H3,(H,23,26)/t17-,18-,19?/m1/s1. The Kier molecular flexibility index (Phi) is 5.86. The molecule has 0 radical (unpaired) electrons. The molecule has 0 bridgehead atoms. The second-order valence-electron chi connectivity index (χ2n) is 8.33. The number of carbonyl (C=O) groups excluding carboxylic acids is 1. The highest BCUT2D eigenvalue weighted by Gasteiger charge is 2.42. The lowest BCUT2D eigenvalue weighted by molar-refractivity contribution is -0.126. The van der Waals surface area contributed by atoms with Crippen LogP contribution >= 0.6 is 0 Å². The van der Waals surface area contributed by atoms with Gasteiger partial charge in [0.05, 0.1) is 12.8 Å². The molecule has 5 heteroatoms. The number of methoxy groups -OCH3 is 1. The molecule has 5 nitrogen and oxygen atoms in total. The van der Waals surface area contributed by atoms with Crippen LogP contribution in [0.3, 0.4) is 0 Å². The van der Waals surface area contributed by atoms with Gasteiger partial charge in [0.1, 0.15) is 5.75 Å². The molecule has 2 saturated carbocycles. The Labute approximate surface area is 163 Å². The van der Waals surface area contributed by atoms with E-state index in [1.54, 1.807) is 7.11 Å². The molecule has 1 aromatic carbocycles. The molecule has 1 heterocycles. The van der Waals surface area contributed by atoms with Gasteiger partial charge in [0.2, 0.25) is 5.91 Å². The Bertz CT molecular complexity index is 642. The third-order valence-corrected chi connectivity index (χ3v) is 6.95. The van der Waals surface area contributed by atoms with Gasteiger partial charge in [-0.05, 0) is 43.2 Å². The number of para-hydroxylation sites is 2. The number of amides is 1. The van der Waals surface area contributed by atoms with E-state index in [0.29, 0.717) is 17.7 Å². The predicted octanol–water partition coefficient (Wildman–Crippen LogP) is 2.76. The number of ether oxygens (including phenoxy) is 1. The number of carbonyl (C=O) groups is 1. The van der Waals surface area contributed by atoms with Gasteiger partial charge >= 0.3 is 0 Å². The highest BCUT2D eigenvalue weighted by Crippen LogP contribution is 2.47. The zero-order valence-electron chi connectivity index (χ0n) is 16.5. The van der Waals surface area contributed by atoms with E-state index in [4.69, 9.17) is 4.74 Å². The van der Waals surface area contributed by atoms with Gasteiger partial charge in [-0.25, -0.2) is 0 Å². The quantitative estimate of drug-likeness (QED) is 0.835. The van der Waals surface area contributed by atoms with Crippen LogP contribution in [0.5, 0.6) is 5.75 Å². The summed E-state index contributed by atoms with van der Waals surface area (Å²) >= 11 is 0. The molecule has 0 spiro atoms. The van der Waals surface area contributed by atoms with Crippen LogP contribution in [-0.4, -0.2) is 57.2 Å². The number of hydrogen-bond acceptors (Lipinski definition) is 4.